The average molecular weight is 308 g/mol. The van der Waals surface area contributed by atoms with E-state index in [1.807, 2.05) is 4.90 Å². The number of ether oxygens (including phenoxy) is 1. The van der Waals surface area contributed by atoms with Gasteiger partial charge in [-0.15, -0.1) is 11.3 Å². The van der Waals surface area contributed by atoms with Gasteiger partial charge in [-0.1, -0.05) is 0 Å². The van der Waals surface area contributed by atoms with Crippen molar-refractivity contribution in [2.75, 3.05) is 25.4 Å². The van der Waals surface area contributed by atoms with E-state index in [-0.39, 0.29) is 17.9 Å². The Hall–Kier alpha value is -1.67. The van der Waals surface area contributed by atoms with Crippen LogP contribution in [0.1, 0.15) is 29.8 Å². The third-order valence-electron chi connectivity index (χ3n) is 4.61. The molecule has 112 valence electrons. The van der Waals surface area contributed by atoms with Crippen LogP contribution < -0.4 is 5.73 Å². The van der Waals surface area contributed by atoms with E-state index in [4.69, 9.17) is 10.5 Å². The van der Waals surface area contributed by atoms with E-state index >= 15 is 0 Å². The zero-order valence-corrected chi connectivity index (χ0v) is 12.3. The minimum atomic E-state index is -0.605. The maximum Gasteiger partial charge on any atom is 0.273 e. The molecule has 4 heterocycles. The molecule has 3 aliphatic heterocycles. The fraction of sp³-hybridized carbons (Fsp3) is 0.615. The van der Waals surface area contributed by atoms with Crippen molar-refractivity contribution in [1.82, 2.24) is 14.8 Å². The molecule has 1 aromatic heterocycles. The number of carbonyl (C=O) groups is 2. The van der Waals surface area contributed by atoms with Crippen LogP contribution in [-0.4, -0.2) is 58.1 Å². The van der Waals surface area contributed by atoms with Gasteiger partial charge in [-0.3, -0.25) is 9.59 Å². The molecule has 4 rings (SSSR count). The first-order valence-electron chi connectivity index (χ1n) is 7.08. The average Bonchev–Trinajstić information content (AvgIpc) is 3.11. The van der Waals surface area contributed by atoms with Crippen LogP contribution in [0.2, 0.25) is 0 Å². The van der Waals surface area contributed by atoms with Gasteiger partial charge in [-0.2, -0.15) is 0 Å². The number of aromatic nitrogens is 1. The Morgan fingerprint density at radius 1 is 1.52 bits per heavy atom. The number of rotatable bonds is 1. The predicted octanol–water partition coefficient (Wildman–Crippen LogP) is 0.289. The number of hydrogen-bond donors (Lipinski definition) is 1. The molecule has 2 N–H and O–H groups in total. The first-order chi connectivity index (χ1) is 10.1. The maximum absolute atomic E-state index is 12.6. The van der Waals surface area contributed by atoms with Crippen LogP contribution in [-0.2, 0) is 9.53 Å². The van der Waals surface area contributed by atoms with Crippen molar-refractivity contribution in [2.45, 2.75) is 31.0 Å². The number of carbonyl (C=O) groups excluding carboxylic acids is 2. The highest BCUT2D eigenvalue weighted by molar-refractivity contribution is 7.13. The minimum Gasteiger partial charge on any atom is -0.375 e. The summed E-state index contributed by atoms with van der Waals surface area (Å²) in [7, 11) is 0. The third kappa shape index (κ3) is 1.72. The first-order valence-corrected chi connectivity index (χ1v) is 7.96. The molecule has 0 aliphatic carbocycles. The van der Waals surface area contributed by atoms with Crippen LogP contribution in [0.25, 0.3) is 0 Å². The van der Waals surface area contributed by atoms with Gasteiger partial charge in [0.2, 0.25) is 5.91 Å². The Bertz CT molecular complexity index is 618. The van der Waals surface area contributed by atoms with Crippen molar-refractivity contribution in [3.63, 3.8) is 0 Å². The largest absolute Gasteiger partial charge is 0.375 e. The molecule has 21 heavy (non-hydrogen) atoms. The maximum atomic E-state index is 12.6. The Labute approximate surface area is 125 Å². The Morgan fingerprint density at radius 2 is 2.38 bits per heavy atom. The Balaban J connectivity index is 1.65. The van der Waals surface area contributed by atoms with Crippen molar-refractivity contribution < 1.29 is 14.3 Å². The smallest absolute Gasteiger partial charge is 0.273 e. The Morgan fingerprint density at radius 3 is 3.14 bits per heavy atom. The summed E-state index contributed by atoms with van der Waals surface area (Å²) in [4.78, 5) is 32.4. The molecule has 0 saturated carbocycles. The molecule has 3 fully saturated rings. The second-order valence-corrected chi connectivity index (χ2v) is 6.52. The quantitative estimate of drug-likeness (QED) is 0.805. The lowest BCUT2D eigenvalue weighted by molar-refractivity contribution is -0.179. The van der Waals surface area contributed by atoms with Crippen LogP contribution in [0, 0.1) is 0 Å². The molecule has 2 atom stereocenters. The predicted molar refractivity (Wildman–Crippen MR) is 75.6 cm³/mol. The van der Waals surface area contributed by atoms with Crippen molar-refractivity contribution in [3.8, 4) is 0 Å². The van der Waals surface area contributed by atoms with Gasteiger partial charge in [0.25, 0.3) is 5.91 Å². The number of nitrogen functional groups attached to an aromatic ring is 1. The normalized spacial score (nSPS) is 31.4. The molecule has 7 nitrogen and oxygen atoms in total. The number of thiazole rings is 1. The van der Waals surface area contributed by atoms with Gasteiger partial charge in [-0.05, 0) is 6.42 Å². The fourth-order valence-corrected chi connectivity index (χ4v) is 4.26. The SMILES string of the molecule is Nc1nc(C(=O)N2CC[C@@]34OCCCN3C(=O)C[C@@H]24)cs1. The number of nitrogens with zero attached hydrogens (tertiary/aromatic N) is 3. The van der Waals surface area contributed by atoms with E-state index in [0.29, 0.717) is 36.8 Å². The van der Waals surface area contributed by atoms with Gasteiger partial charge in [0.15, 0.2) is 10.9 Å². The van der Waals surface area contributed by atoms with Crippen LogP contribution in [0.3, 0.4) is 0 Å². The second-order valence-electron chi connectivity index (χ2n) is 5.63. The van der Waals surface area contributed by atoms with Crippen LogP contribution in [0.5, 0.6) is 0 Å². The fourth-order valence-electron chi connectivity index (χ4n) is 3.73. The number of nitrogens with two attached hydrogens (primary N) is 1. The van der Waals surface area contributed by atoms with E-state index in [0.717, 1.165) is 13.0 Å². The van der Waals surface area contributed by atoms with Crippen molar-refractivity contribution in [1.29, 1.82) is 0 Å². The Kier molecular flexibility index (Phi) is 2.74. The molecule has 0 unspecified atom stereocenters. The summed E-state index contributed by atoms with van der Waals surface area (Å²) in [5.41, 5.74) is 5.35. The molecule has 8 heteroatoms. The molecule has 0 bridgehead atoms. The molecule has 1 aromatic rings. The minimum absolute atomic E-state index is 0.0787. The summed E-state index contributed by atoms with van der Waals surface area (Å²) in [6.45, 7) is 1.96. The molecule has 3 aliphatic rings. The summed E-state index contributed by atoms with van der Waals surface area (Å²) in [5.74, 6) is -0.0800. The third-order valence-corrected chi connectivity index (χ3v) is 5.29. The van der Waals surface area contributed by atoms with Gasteiger partial charge >= 0.3 is 0 Å². The molecule has 0 aromatic carbocycles. The lowest BCUT2D eigenvalue weighted by atomic mass is 10.0. The van der Waals surface area contributed by atoms with E-state index in [1.54, 1.807) is 10.3 Å². The standard InChI is InChI=1S/C13H16N4O3S/c14-12-15-8(7-21-12)11(19)16-4-2-13-9(16)6-10(18)17(13)3-1-5-20-13/h7,9H,1-6H2,(H2,14,15)/t9-,13+/m1/s1. The van der Waals surface area contributed by atoms with Crippen molar-refractivity contribution in [3.05, 3.63) is 11.1 Å². The molecular weight excluding hydrogens is 292 g/mol. The van der Waals surface area contributed by atoms with Gasteiger partial charge < -0.3 is 20.3 Å². The molecule has 0 radical (unpaired) electrons. The highest BCUT2D eigenvalue weighted by atomic mass is 32.1. The second kappa shape index (κ2) is 4.41. The number of hydrogen-bond acceptors (Lipinski definition) is 6. The molecule has 2 amide bonds. The lowest BCUT2D eigenvalue weighted by Crippen LogP contribution is -2.56. The van der Waals surface area contributed by atoms with Gasteiger partial charge in [0.05, 0.1) is 19.1 Å². The van der Waals surface area contributed by atoms with Gasteiger partial charge in [0.1, 0.15) is 5.69 Å². The summed E-state index contributed by atoms with van der Waals surface area (Å²) in [5, 5.41) is 2.05. The highest BCUT2D eigenvalue weighted by Gasteiger charge is 2.61. The summed E-state index contributed by atoms with van der Waals surface area (Å²) in [6.07, 6.45) is 1.87. The van der Waals surface area contributed by atoms with Crippen molar-refractivity contribution >= 4 is 28.3 Å². The van der Waals surface area contributed by atoms with Gasteiger partial charge in [-0.25, -0.2) is 4.98 Å². The number of anilines is 1. The summed E-state index contributed by atoms with van der Waals surface area (Å²) < 4.78 is 5.97. The number of amides is 2. The topological polar surface area (TPSA) is 88.8 Å². The monoisotopic (exact) mass is 308 g/mol. The lowest BCUT2D eigenvalue weighted by Gasteiger charge is -2.42. The van der Waals surface area contributed by atoms with Crippen LogP contribution in [0.4, 0.5) is 5.13 Å². The van der Waals surface area contributed by atoms with E-state index in [9.17, 15) is 9.59 Å². The van der Waals surface area contributed by atoms with Crippen LogP contribution >= 0.6 is 11.3 Å². The zero-order chi connectivity index (χ0) is 14.6. The van der Waals surface area contributed by atoms with Crippen LogP contribution in [0.15, 0.2) is 5.38 Å². The molecular formula is C13H16N4O3S. The highest BCUT2D eigenvalue weighted by Crippen LogP contribution is 2.45. The van der Waals surface area contributed by atoms with E-state index in [2.05, 4.69) is 4.98 Å². The zero-order valence-electron chi connectivity index (χ0n) is 11.4. The summed E-state index contributed by atoms with van der Waals surface area (Å²) >= 11 is 1.25. The first kappa shape index (κ1) is 13.0. The number of likely N-dealkylation sites (tertiary alicyclic amines) is 1. The van der Waals surface area contributed by atoms with E-state index in [1.165, 1.54) is 11.3 Å². The molecule has 3 saturated heterocycles. The molecule has 1 spiro atoms. The summed E-state index contributed by atoms with van der Waals surface area (Å²) in [6, 6.07) is -0.208. The van der Waals surface area contributed by atoms with E-state index < -0.39 is 5.72 Å². The van der Waals surface area contributed by atoms with Crippen molar-refractivity contribution in [2.24, 2.45) is 0 Å². The van der Waals surface area contributed by atoms with Gasteiger partial charge in [0, 0.05) is 24.9 Å².